The van der Waals surface area contributed by atoms with Gasteiger partial charge in [-0.15, -0.1) is 0 Å². The zero-order valence-corrected chi connectivity index (χ0v) is 11.2. The predicted octanol–water partition coefficient (Wildman–Crippen LogP) is 2.04. The quantitative estimate of drug-likeness (QED) is 0.883. The first kappa shape index (κ1) is 12.1. The van der Waals surface area contributed by atoms with Gasteiger partial charge in [-0.1, -0.05) is 0 Å². The number of nitrogens with zero attached hydrogens (tertiary/aromatic N) is 2. The van der Waals surface area contributed by atoms with E-state index in [1.165, 1.54) is 37.9 Å². The number of rotatable bonds is 3. The molecule has 1 aromatic heterocycles. The van der Waals surface area contributed by atoms with Crippen molar-refractivity contribution in [1.29, 1.82) is 0 Å². The molecular formula is C15H23N3. The molecule has 1 saturated carbocycles. The summed E-state index contributed by atoms with van der Waals surface area (Å²) in [4.78, 5) is 6.74. The van der Waals surface area contributed by atoms with Crippen LogP contribution in [-0.2, 0) is 6.54 Å². The van der Waals surface area contributed by atoms with E-state index in [4.69, 9.17) is 0 Å². The van der Waals surface area contributed by atoms with Crippen LogP contribution < -0.4 is 5.32 Å². The van der Waals surface area contributed by atoms with Crippen molar-refractivity contribution in [3.8, 4) is 0 Å². The van der Waals surface area contributed by atoms with Crippen LogP contribution in [0.3, 0.4) is 0 Å². The molecule has 2 fully saturated rings. The molecule has 1 aromatic rings. The molecule has 3 nitrogen and oxygen atoms in total. The Balaban J connectivity index is 1.67. The number of hydrogen-bond acceptors (Lipinski definition) is 3. The largest absolute Gasteiger partial charge is 0.312 e. The molecular weight excluding hydrogens is 222 g/mol. The van der Waals surface area contributed by atoms with Crippen LogP contribution in [0.1, 0.15) is 31.7 Å². The molecule has 3 rings (SSSR count). The van der Waals surface area contributed by atoms with E-state index in [9.17, 15) is 0 Å². The topological polar surface area (TPSA) is 28.2 Å². The molecule has 98 valence electrons. The summed E-state index contributed by atoms with van der Waals surface area (Å²) in [5, 5.41) is 3.74. The molecule has 0 bridgehead atoms. The first-order chi connectivity index (χ1) is 8.83. The second-order valence-corrected chi connectivity index (χ2v) is 5.82. The Morgan fingerprint density at radius 2 is 2.06 bits per heavy atom. The highest BCUT2D eigenvalue weighted by Crippen LogP contribution is 2.34. The van der Waals surface area contributed by atoms with Crippen molar-refractivity contribution in [2.24, 2.45) is 5.92 Å². The van der Waals surface area contributed by atoms with E-state index < -0.39 is 0 Å². The van der Waals surface area contributed by atoms with Crippen LogP contribution in [0.15, 0.2) is 24.5 Å². The monoisotopic (exact) mass is 245 g/mol. The molecule has 2 heterocycles. The van der Waals surface area contributed by atoms with E-state index in [0.29, 0.717) is 6.04 Å². The molecule has 0 radical (unpaired) electrons. The molecule has 18 heavy (non-hydrogen) atoms. The summed E-state index contributed by atoms with van der Waals surface area (Å²) >= 11 is 0. The number of aromatic nitrogens is 1. The molecule has 0 aromatic carbocycles. The van der Waals surface area contributed by atoms with Crippen LogP contribution in [0.4, 0.5) is 0 Å². The first-order valence-electron chi connectivity index (χ1n) is 7.19. The van der Waals surface area contributed by atoms with Crippen molar-refractivity contribution >= 4 is 0 Å². The Hall–Kier alpha value is -0.930. The standard InChI is InChI=1S/C15H23N3/c1-12-4-9-17-15(14-2-3-14)11-18(12)10-13-5-7-16-8-6-13/h5-8,12,14-15,17H,2-4,9-11H2,1H3. The molecule has 3 heteroatoms. The third-order valence-electron chi connectivity index (χ3n) is 4.35. The molecule has 2 atom stereocenters. The van der Waals surface area contributed by atoms with Gasteiger partial charge in [0, 0.05) is 37.6 Å². The van der Waals surface area contributed by atoms with Gasteiger partial charge in [0.1, 0.15) is 0 Å². The van der Waals surface area contributed by atoms with E-state index in [2.05, 4.69) is 34.3 Å². The van der Waals surface area contributed by atoms with Crippen molar-refractivity contribution in [1.82, 2.24) is 15.2 Å². The molecule has 1 N–H and O–H groups in total. The highest BCUT2D eigenvalue weighted by Gasteiger charge is 2.34. The smallest absolute Gasteiger partial charge is 0.0271 e. The second kappa shape index (κ2) is 5.37. The van der Waals surface area contributed by atoms with Crippen LogP contribution in [0.25, 0.3) is 0 Å². The van der Waals surface area contributed by atoms with Crippen LogP contribution in [-0.4, -0.2) is 35.1 Å². The highest BCUT2D eigenvalue weighted by molar-refractivity contribution is 5.10. The fraction of sp³-hybridized carbons (Fsp3) is 0.667. The van der Waals surface area contributed by atoms with Crippen molar-refractivity contribution < 1.29 is 0 Å². The lowest BCUT2D eigenvalue weighted by atomic mass is 10.1. The molecule has 0 amide bonds. The van der Waals surface area contributed by atoms with E-state index >= 15 is 0 Å². The lowest BCUT2D eigenvalue weighted by molar-refractivity contribution is 0.190. The van der Waals surface area contributed by atoms with Gasteiger partial charge in [0.15, 0.2) is 0 Å². The fourth-order valence-corrected chi connectivity index (χ4v) is 2.91. The average Bonchev–Trinajstić information content (AvgIpc) is 3.21. The summed E-state index contributed by atoms with van der Waals surface area (Å²) in [7, 11) is 0. The number of hydrogen-bond donors (Lipinski definition) is 1. The third-order valence-corrected chi connectivity index (χ3v) is 4.35. The van der Waals surface area contributed by atoms with Crippen molar-refractivity contribution in [3.63, 3.8) is 0 Å². The Morgan fingerprint density at radius 3 is 2.78 bits per heavy atom. The van der Waals surface area contributed by atoms with Gasteiger partial charge in [-0.05, 0) is 56.3 Å². The molecule has 1 saturated heterocycles. The minimum atomic E-state index is 0.675. The second-order valence-electron chi connectivity index (χ2n) is 5.82. The van der Waals surface area contributed by atoms with E-state index in [0.717, 1.165) is 18.5 Å². The van der Waals surface area contributed by atoms with Gasteiger partial charge in [0.2, 0.25) is 0 Å². The van der Waals surface area contributed by atoms with Crippen molar-refractivity contribution in [3.05, 3.63) is 30.1 Å². The van der Waals surface area contributed by atoms with E-state index in [1.54, 1.807) is 0 Å². The Kier molecular flexibility index (Phi) is 3.62. The van der Waals surface area contributed by atoms with Gasteiger partial charge < -0.3 is 5.32 Å². The predicted molar refractivity (Wildman–Crippen MR) is 73.2 cm³/mol. The SMILES string of the molecule is CC1CCNC(C2CC2)CN1Cc1ccncc1. The summed E-state index contributed by atoms with van der Waals surface area (Å²) in [6, 6.07) is 5.67. The maximum atomic E-state index is 4.10. The Morgan fingerprint density at radius 1 is 1.28 bits per heavy atom. The Labute approximate surface area is 110 Å². The average molecular weight is 245 g/mol. The van der Waals surface area contributed by atoms with Crippen molar-refractivity contribution in [2.75, 3.05) is 13.1 Å². The summed E-state index contributed by atoms with van der Waals surface area (Å²) in [5.41, 5.74) is 1.38. The van der Waals surface area contributed by atoms with Gasteiger partial charge in [-0.3, -0.25) is 9.88 Å². The lowest BCUT2D eigenvalue weighted by Gasteiger charge is -2.29. The maximum Gasteiger partial charge on any atom is 0.0271 e. The zero-order valence-electron chi connectivity index (χ0n) is 11.2. The third kappa shape index (κ3) is 2.90. The summed E-state index contributed by atoms with van der Waals surface area (Å²) in [6.07, 6.45) is 7.90. The zero-order chi connectivity index (χ0) is 12.4. The maximum absolute atomic E-state index is 4.10. The fourth-order valence-electron chi connectivity index (χ4n) is 2.91. The molecule has 1 aliphatic carbocycles. The van der Waals surface area contributed by atoms with Crippen LogP contribution in [0, 0.1) is 5.92 Å². The first-order valence-corrected chi connectivity index (χ1v) is 7.19. The van der Waals surface area contributed by atoms with Gasteiger partial charge in [0.05, 0.1) is 0 Å². The molecule has 2 aliphatic rings. The van der Waals surface area contributed by atoms with Crippen molar-refractivity contribution in [2.45, 2.75) is 44.8 Å². The highest BCUT2D eigenvalue weighted by atomic mass is 15.2. The Bertz CT molecular complexity index is 375. The minimum Gasteiger partial charge on any atom is -0.312 e. The molecule has 2 unspecified atom stereocenters. The van der Waals surface area contributed by atoms with Crippen LogP contribution in [0.2, 0.25) is 0 Å². The van der Waals surface area contributed by atoms with E-state index in [-0.39, 0.29) is 0 Å². The number of pyridine rings is 1. The van der Waals surface area contributed by atoms with Gasteiger partial charge in [0.25, 0.3) is 0 Å². The molecule has 1 aliphatic heterocycles. The minimum absolute atomic E-state index is 0.675. The van der Waals surface area contributed by atoms with Gasteiger partial charge in [-0.25, -0.2) is 0 Å². The lowest BCUT2D eigenvalue weighted by Crippen LogP contribution is -2.40. The van der Waals surface area contributed by atoms with Crippen LogP contribution >= 0.6 is 0 Å². The summed E-state index contributed by atoms with van der Waals surface area (Å²) in [6.45, 7) is 5.80. The summed E-state index contributed by atoms with van der Waals surface area (Å²) in [5.74, 6) is 0.940. The molecule has 0 spiro atoms. The van der Waals surface area contributed by atoms with Crippen LogP contribution in [0.5, 0.6) is 0 Å². The van der Waals surface area contributed by atoms with Gasteiger partial charge in [-0.2, -0.15) is 0 Å². The van der Waals surface area contributed by atoms with E-state index in [1.807, 2.05) is 12.4 Å². The van der Waals surface area contributed by atoms with Gasteiger partial charge >= 0.3 is 0 Å². The normalized spacial score (nSPS) is 30.1. The summed E-state index contributed by atoms with van der Waals surface area (Å²) < 4.78 is 0. The number of nitrogens with one attached hydrogen (secondary N) is 1.